The van der Waals surface area contributed by atoms with E-state index in [0.29, 0.717) is 23.8 Å². The minimum Gasteiger partial charge on any atom is -0.457 e. The van der Waals surface area contributed by atoms with Gasteiger partial charge < -0.3 is 19.2 Å². The van der Waals surface area contributed by atoms with Crippen LogP contribution in [0.5, 0.6) is 17.2 Å². The molecule has 1 aromatic heterocycles. The van der Waals surface area contributed by atoms with E-state index in [1.54, 1.807) is 26.2 Å². The second kappa shape index (κ2) is 8.65. The van der Waals surface area contributed by atoms with Crippen molar-refractivity contribution in [1.82, 2.24) is 9.88 Å². The highest BCUT2D eigenvalue weighted by Gasteiger charge is 2.25. The number of nitrogens with zero attached hydrogens (tertiary/aromatic N) is 3. The summed E-state index contributed by atoms with van der Waals surface area (Å²) >= 11 is 0. The molecule has 0 saturated carbocycles. The van der Waals surface area contributed by atoms with Crippen molar-refractivity contribution in [2.45, 2.75) is 12.5 Å². The van der Waals surface area contributed by atoms with Gasteiger partial charge >= 0.3 is 0 Å². The van der Waals surface area contributed by atoms with Gasteiger partial charge in [-0.3, -0.25) is 4.79 Å². The zero-order chi connectivity index (χ0) is 20.9. The number of rotatable bonds is 5. The number of carbonyl (C=O) groups excluding carboxylic acids is 1. The van der Waals surface area contributed by atoms with Crippen LogP contribution in [0.15, 0.2) is 78.1 Å². The van der Waals surface area contributed by atoms with Gasteiger partial charge in [0, 0.05) is 14.1 Å². The average Bonchev–Trinajstić information content (AvgIpc) is 3.23. The molecule has 2 heterocycles. The molecule has 1 amide bonds. The van der Waals surface area contributed by atoms with Gasteiger partial charge in [-0.2, -0.15) is 0 Å². The van der Waals surface area contributed by atoms with Gasteiger partial charge in [0.15, 0.2) is 6.10 Å². The number of aromatic nitrogens is 1. The minimum atomic E-state index is -0.228. The number of hydrogen-bond acceptors (Lipinski definition) is 6. The quantitative estimate of drug-likeness (QED) is 0.630. The Morgan fingerprint density at radius 2 is 1.63 bits per heavy atom. The largest absolute Gasteiger partial charge is 0.457 e. The lowest BCUT2D eigenvalue weighted by molar-refractivity contribution is 0.0821. The monoisotopic (exact) mass is 403 g/mol. The van der Waals surface area contributed by atoms with E-state index >= 15 is 0 Å². The van der Waals surface area contributed by atoms with Crippen molar-refractivity contribution in [1.29, 1.82) is 0 Å². The summed E-state index contributed by atoms with van der Waals surface area (Å²) < 4.78 is 11.5. The first kappa shape index (κ1) is 19.4. The van der Waals surface area contributed by atoms with Crippen molar-refractivity contribution in [2.24, 2.45) is 5.16 Å². The molecule has 2 aromatic carbocycles. The van der Waals surface area contributed by atoms with E-state index in [-0.39, 0.29) is 12.0 Å². The van der Waals surface area contributed by atoms with Gasteiger partial charge in [0.2, 0.25) is 5.90 Å². The van der Waals surface area contributed by atoms with E-state index in [2.05, 4.69) is 10.1 Å². The van der Waals surface area contributed by atoms with Crippen molar-refractivity contribution < 1.29 is 19.1 Å². The number of pyridine rings is 1. The van der Waals surface area contributed by atoms with Crippen molar-refractivity contribution in [3.05, 3.63) is 84.2 Å². The van der Waals surface area contributed by atoms with Gasteiger partial charge in [-0.1, -0.05) is 35.5 Å². The van der Waals surface area contributed by atoms with E-state index < -0.39 is 0 Å². The summed E-state index contributed by atoms with van der Waals surface area (Å²) in [4.78, 5) is 23.0. The van der Waals surface area contributed by atoms with Crippen LogP contribution < -0.4 is 9.47 Å². The Kier molecular flexibility index (Phi) is 5.61. The van der Waals surface area contributed by atoms with Crippen molar-refractivity contribution in [3.63, 3.8) is 0 Å². The molecule has 0 bridgehead atoms. The third-order valence-corrected chi connectivity index (χ3v) is 4.47. The molecular weight excluding hydrogens is 382 g/mol. The van der Waals surface area contributed by atoms with Crippen LogP contribution in [0.2, 0.25) is 0 Å². The lowest BCUT2D eigenvalue weighted by Crippen LogP contribution is -2.22. The van der Waals surface area contributed by atoms with Crippen LogP contribution in [0.3, 0.4) is 0 Å². The molecule has 0 radical (unpaired) electrons. The zero-order valence-corrected chi connectivity index (χ0v) is 16.7. The maximum atomic E-state index is 11.9. The molecule has 0 aliphatic carbocycles. The average molecular weight is 403 g/mol. The first-order valence-electron chi connectivity index (χ1n) is 9.49. The molecule has 4 rings (SSSR count). The number of ether oxygens (including phenoxy) is 2. The molecule has 7 nitrogen and oxygen atoms in total. The fourth-order valence-corrected chi connectivity index (χ4v) is 2.90. The van der Waals surface area contributed by atoms with Crippen LogP contribution in [0.25, 0.3) is 0 Å². The van der Waals surface area contributed by atoms with Crippen LogP contribution in [0.4, 0.5) is 0 Å². The first-order chi connectivity index (χ1) is 14.6. The summed E-state index contributed by atoms with van der Waals surface area (Å²) in [5, 5.41) is 4.02. The Hall–Kier alpha value is -3.87. The first-order valence-corrected chi connectivity index (χ1v) is 9.49. The fourth-order valence-electron chi connectivity index (χ4n) is 2.90. The summed E-state index contributed by atoms with van der Waals surface area (Å²) in [5.74, 6) is 2.33. The zero-order valence-electron chi connectivity index (χ0n) is 16.7. The normalized spacial score (nSPS) is 15.1. The number of para-hydroxylation sites is 1. The number of hydrogen-bond donors (Lipinski definition) is 0. The molecule has 1 atom stereocenters. The van der Waals surface area contributed by atoms with Gasteiger partial charge in [-0.25, -0.2) is 4.98 Å². The summed E-state index contributed by atoms with van der Waals surface area (Å²) in [6.07, 6.45) is 1.77. The lowest BCUT2D eigenvalue weighted by atomic mass is 10.1. The molecule has 0 unspecified atom stereocenters. The van der Waals surface area contributed by atoms with E-state index in [9.17, 15) is 4.79 Å². The van der Waals surface area contributed by atoms with Gasteiger partial charge in [0.05, 0.1) is 12.6 Å². The second-order valence-corrected chi connectivity index (χ2v) is 6.95. The molecule has 30 heavy (non-hydrogen) atoms. The topological polar surface area (TPSA) is 73.3 Å². The SMILES string of the molecule is CN(C)C(=O)c1ccc(OC2=NO[C@@H](c3ccc(Oc4ccccc4)cc3)C2)cn1. The Morgan fingerprint density at radius 1 is 0.933 bits per heavy atom. The number of benzene rings is 2. The molecule has 152 valence electrons. The molecular formula is C23H21N3O4. The van der Waals surface area contributed by atoms with E-state index in [4.69, 9.17) is 14.3 Å². The molecule has 0 fully saturated rings. The van der Waals surface area contributed by atoms with Gasteiger partial charge in [0.1, 0.15) is 22.9 Å². The molecule has 7 heteroatoms. The predicted molar refractivity (Wildman–Crippen MR) is 112 cm³/mol. The van der Waals surface area contributed by atoms with E-state index in [1.165, 1.54) is 11.1 Å². The maximum Gasteiger partial charge on any atom is 0.271 e. The minimum absolute atomic E-state index is 0.164. The van der Waals surface area contributed by atoms with E-state index in [1.807, 2.05) is 54.6 Å². The molecule has 1 aliphatic rings. The number of oxime groups is 1. The lowest BCUT2D eigenvalue weighted by Gasteiger charge is -2.10. The van der Waals surface area contributed by atoms with Crippen LogP contribution >= 0.6 is 0 Å². The molecule has 0 spiro atoms. The van der Waals surface area contributed by atoms with Crippen molar-refractivity contribution in [2.75, 3.05) is 14.1 Å². The second-order valence-electron chi connectivity index (χ2n) is 6.95. The molecule has 0 saturated heterocycles. The van der Waals surface area contributed by atoms with Crippen molar-refractivity contribution in [3.8, 4) is 17.2 Å². The van der Waals surface area contributed by atoms with Gasteiger partial charge in [-0.15, -0.1) is 0 Å². The molecule has 1 aliphatic heterocycles. The highest BCUT2D eigenvalue weighted by atomic mass is 16.7. The van der Waals surface area contributed by atoms with Gasteiger partial charge in [0.25, 0.3) is 5.91 Å². The standard InChI is InChI=1S/C23H21N3O4/c1-26(2)23(27)20-13-12-19(15-24-20)29-22-14-21(30-25-22)16-8-10-18(11-9-16)28-17-6-4-3-5-7-17/h3-13,15,21H,14H2,1-2H3/t21-/m1/s1. The smallest absolute Gasteiger partial charge is 0.271 e. The number of carbonyl (C=O) groups is 1. The Labute approximate surface area is 174 Å². The summed E-state index contributed by atoms with van der Waals surface area (Å²) in [6, 6.07) is 20.6. The third-order valence-electron chi connectivity index (χ3n) is 4.47. The highest BCUT2D eigenvalue weighted by molar-refractivity contribution is 5.92. The number of amides is 1. The Balaban J connectivity index is 1.33. The summed E-state index contributed by atoms with van der Waals surface area (Å²) in [5.41, 5.74) is 1.33. The van der Waals surface area contributed by atoms with Crippen molar-refractivity contribution >= 4 is 11.8 Å². The Bertz CT molecular complexity index is 1030. The van der Waals surface area contributed by atoms with Crippen LogP contribution in [0.1, 0.15) is 28.6 Å². The van der Waals surface area contributed by atoms with Crippen LogP contribution in [0, 0.1) is 0 Å². The van der Waals surface area contributed by atoms with Crippen LogP contribution in [-0.4, -0.2) is 35.8 Å². The summed E-state index contributed by atoms with van der Waals surface area (Å²) in [7, 11) is 3.36. The highest BCUT2D eigenvalue weighted by Crippen LogP contribution is 2.30. The third kappa shape index (κ3) is 4.57. The van der Waals surface area contributed by atoms with Crippen LogP contribution in [-0.2, 0) is 4.84 Å². The molecule has 3 aromatic rings. The van der Waals surface area contributed by atoms with E-state index in [0.717, 1.165) is 17.1 Å². The summed E-state index contributed by atoms with van der Waals surface area (Å²) in [6.45, 7) is 0. The Morgan fingerprint density at radius 3 is 2.30 bits per heavy atom. The maximum absolute atomic E-state index is 11.9. The fraction of sp³-hybridized carbons (Fsp3) is 0.174. The molecule has 0 N–H and O–H groups in total. The van der Waals surface area contributed by atoms with Gasteiger partial charge in [-0.05, 0) is 42.0 Å². The predicted octanol–water partition coefficient (Wildman–Crippen LogP) is 4.43.